The normalized spacial score (nSPS) is 11.4. The number of nitrogens with two attached hydrogens (primary N) is 1. The van der Waals surface area contributed by atoms with Gasteiger partial charge in [-0.25, -0.2) is 13.1 Å². The summed E-state index contributed by atoms with van der Waals surface area (Å²) < 4.78 is 23.9. The quantitative estimate of drug-likeness (QED) is 0.462. The van der Waals surface area contributed by atoms with Crippen LogP contribution in [0.4, 0.5) is 0 Å². The van der Waals surface area contributed by atoms with Gasteiger partial charge in [-0.1, -0.05) is 12.8 Å². The van der Waals surface area contributed by atoms with Gasteiger partial charge in [0.1, 0.15) is 0 Å². The van der Waals surface area contributed by atoms with Crippen molar-refractivity contribution >= 4 is 15.9 Å². The van der Waals surface area contributed by atoms with E-state index in [1.165, 1.54) is 0 Å². The first-order valence-electron chi connectivity index (χ1n) is 6.37. The van der Waals surface area contributed by atoms with Crippen LogP contribution in [0.3, 0.4) is 0 Å². The zero-order valence-electron chi connectivity index (χ0n) is 11.1. The molecule has 0 atom stereocenters. The van der Waals surface area contributed by atoms with Crippen molar-refractivity contribution in [2.24, 2.45) is 5.73 Å². The molecule has 18 heavy (non-hydrogen) atoms. The molecule has 0 rings (SSSR count). The molecule has 7 heteroatoms. The number of amides is 1. The minimum atomic E-state index is -3.12. The van der Waals surface area contributed by atoms with Crippen LogP contribution in [0.25, 0.3) is 0 Å². The minimum Gasteiger partial charge on any atom is -0.356 e. The Morgan fingerprint density at radius 2 is 1.72 bits per heavy atom. The first kappa shape index (κ1) is 17.3. The molecule has 0 aromatic heterocycles. The third-order valence-electron chi connectivity index (χ3n) is 2.40. The molecule has 0 aliphatic heterocycles. The van der Waals surface area contributed by atoms with Gasteiger partial charge in [0.2, 0.25) is 15.9 Å². The van der Waals surface area contributed by atoms with Crippen LogP contribution < -0.4 is 15.8 Å². The maximum Gasteiger partial charge on any atom is 0.219 e. The van der Waals surface area contributed by atoms with Gasteiger partial charge >= 0.3 is 0 Å². The monoisotopic (exact) mass is 279 g/mol. The van der Waals surface area contributed by atoms with E-state index in [0.717, 1.165) is 31.9 Å². The molecule has 0 radical (unpaired) electrons. The van der Waals surface area contributed by atoms with E-state index in [4.69, 9.17) is 5.73 Å². The van der Waals surface area contributed by atoms with Crippen molar-refractivity contribution in [1.82, 2.24) is 10.0 Å². The van der Waals surface area contributed by atoms with Crippen LogP contribution in [-0.2, 0) is 14.8 Å². The highest BCUT2D eigenvalue weighted by molar-refractivity contribution is 7.88. The van der Waals surface area contributed by atoms with Gasteiger partial charge in [-0.15, -0.1) is 0 Å². The van der Waals surface area contributed by atoms with Gasteiger partial charge in [-0.05, 0) is 25.8 Å². The van der Waals surface area contributed by atoms with Gasteiger partial charge in [-0.2, -0.15) is 0 Å². The van der Waals surface area contributed by atoms with Crippen LogP contribution in [0.15, 0.2) is 0 Å². The summed E-state index contributed by atoms with van der Waals surface area (Å²) in [6.45, 7) is 1.57. The Balaban J connectivity index is 3.32. The molecular weight excluding hydrogens is 254 g/mol. The number of carbonyl (C=O) groups excluding carboxylic acids is 1. The molecule has 0 spiro atoms. The molecule has 0 saturated heterocycles. The van der Waals surface area contributed by atoms with Gasteiger partial charge < -0.3 is 11.1 Å². The molecular formula is C11H25N3O3S. The third-order valence-corrected chi connectivity index (χ3v) is 3.13. The molecule has 0 aliphatic carbocycles. The zero-order chi connectivity index (χ0) is 13.9. The maximum absolute atomic E-state index is 11.4. The lowest BCUT2D eigenvalue weighted by atomic mass is 10.1. The van der Waals surface area contributed by atoms with Crippen molar-refractivity contribution < 1.29 is 13.2 Å². The van der Waals surface area contributed by atoms with Gasteiger partial charge in [0.15, 0.2) is 0 Å². The second-order valence-corrected chi connectivity index (χ2v) is 6.16. The van der Waals surface area contributed by atoms with Gasteiger partial charge in [0, 0.05) is 19.5 Å². The number of nitrogens with one attached hydrogen (secondary N) is 2. The summed E-state index contributed by atoms with van der Waals surface area (Å²) in [7, 11) is -3.12. The van der Waals surface area contributed by atoms with Crippen molar-refractivity contribution in [3.63, 3.8) is 0 Å². The third kappa shape index (κ3) is 13.4. The molecule has 1 amide bonds. The standard InChI is InChI=1S/C11H25N3O3S/c1-18(16,17)14-10-6-9-13-11(15)7-4-2-3-5-8-12/h14H,2-10,12H2,1H3,(H,13,15). The summed E-state index contributed by atoms with van der Waals surface area (Å²) in [5, 5.41) is 2.76. The van der Waals surface area contributed by atoms with Gasteiger partial charge in [-0.3, -0.25) is 4.79 Å². The predicted octanol–water partition coefficient (Wildman–Crippen LogP) is -0.0489. The fourth-order valence-corrected chi connectivity index (χ4v) is 1.96. The number of sulfonamides is 1. The Morgan fingerprint density at radius 1 is 1.06 bits per heavy atom. The number of unbranched alkanes of at least 4 members (excludes halogenated alkanes) is 3. The Bertz CT molecular complexity index is 317. The topological polar surface area (TPSA) is 101 Å². The van der Waals surface area contributed by atoms with Crippen molar-refractivity contribution in [2.45, 2.75) is 38.5 Å². The maximum atomic E-state index is 11.4. The summed E-state index contributed by atoms with van der Waals surface area (Å²) in [4.78, 5) is 11.4. The summed E-state index contributed by atoms with van der Waals surface area (Å²) in [5.41, 5.74) is 5.37. The molecule has 0 saturated carbocycles. The Kier molecular flexibility index (Phi) is 9.90. The van der Waals surface area contributed by atoms with Crippen molar-refractivity contribution in [3.05, 3.63) is 0 Å². The fourth-order valence-electron chi connectivity index (χ4n) is 1.45. The summed E-state index contributed by atoms with van der Waals surface area (Å²) in [6.07, 6.45) is 6.25. The molecule has 0 aromatic carbocycles. The molecule has 6 nitrogen and oxygen atoms in total. The molecule has 4 N–H and O–H groups in total. The molecule has 0 fully saturated rings. The molecule has 0 heterocycles. The summed E-state index contributed by atoms with van der Waals surface area (Å²) in [5.74, 6) is 0.0297. The number of hydrogen-bond acceptors (Lipinski definition) is 4. The lowest BCUT2D eigenvalue weighted by molar-refractivity contribution is -0.121. The Labute approximate surface area is 110 Å². The average Bonchev–Trinajstić information content (AvgIpc) is 2.27. The highest BCUT2D eigenvalue weighted by Gasteiger charge is 2.01. The number of carbonyl (C=O) groups is 1. The van der Waals surface area contributed by atoms with Gasteiger partial charge in [0.05, 0.1) is 6.26 Å². The van der Waals surface area contributed by atoms with E-state index in [1.54, 1.807) is 0 Å². The van der Waals surface area contributed by atoms with E-state index in [2.05, 4.69) is 10.0 Å². The van der Waals surface area contributed by atoms with Crippen LogP contribution in [0, 0.1) is 0 Å². The van der Waals surface area contributed by atoms with E-state index < -0.39 is 10.0 Å². The SMILES string of the molecule is CS(=O)(=O)NCCCNC(=O)CCCCCCN. The largest absolute Gasteiger partial charge is 0.356 e. The van der Waals surface area contributed by atoms with Crippen LogP contribution >= 0.6 is 0 Å². The van der Waals surface area contributed by atoms with E-state index in [0.29, 0.717) is 32.5 Å². The molecule has 0 unspecified atom stereocenters. The minimum absolute atomic E-state index is 0.0297. The molecule has 108 valence electrons. The fraction of sp³-hybridized carbons (Fsp3) is 0.909. The average molecular weight is 279 g/mol. The summed E-state index contributed by atoms with van der Waals surface area (Å²) >= 11 is 0. The lowest BCUT2D eigenvalue weighted by Crippen LogP contribution is -2.29. The number of hydrogen-bond donors (Lipinski definition) is 3. The van der Waals surface area contributed by atoms with Crippen LogP contribution in [0.5, 0.6) is 0 Å². The van der Waals surface area contributed by atoms with Crippen LogP contribution in [0.1, 0.15) is 38.5 Å². The predicted molar refractivity (Wildman–Crippen MR) is 72.6 cm³/mol. The summed E-state index contributed by atoms with van der Waals surface area (Å²) in [6, 6.07) is 0. The Hall–Kier alpha value is -0.660. The zero-order valence-corrected chi connectivity index (χ0v) is 11.9. The van der Waals surface area contributed by atoms with Crippen molar-refractivity contribution in [3.8, 4) is 0 Å². The van der Waals surface area contributed by atoms with Crippen molar-refractivity contribution in [2.75, 3.05) is 25.9 Å². The van der Waals surface area contributed by atoms with E-state index in [9.17, 15) is 13.2 Å². The smallest absolute Gasteiger partial charge is 0.219 e. The van der Waals surface area contributed by atoms with Crippen molar-refractivity contribution in [1.29, 1.82) is 0 Å². The van der Waals surface area contributed by atoms with Crippen LogP contribution in [-0.4, -0.2) is 40.2 Å². The van der Waals surface area contributed by atoms with E-state index in [-0.39, 0.29) is 5.91 Å². The first-order valence-corrected chi connectivity index (χ1v) is 8.26. The molecule has 0 bridgehead atoms. The second-order valence-electron chi connectivity index (χ2n) is 4.32. The van der Waals surface area contributed by atoms with Crippen LogP contribution in [0.2, 0.25) is 0 Å². The van der Waals surface area contributed by atoms with E-state index >= 15 is 0 Å². The highest BCUT2D eigenvalue weighted by atomic mass is 32.2. The molecule has 0 aliphatic rings. The molecule has 0 aromatic rings. The first-order chi connectivity index (χ1) is 8.45. The number of rotatable bonds is 11. The van der Waals surface area contributed by atoms with E-state index in [1.807, 2.05) is 0 Å². The second kappa shape index (κ2) is 10.3. The van der Waals surface area contributed by atoms with Gasteiger partial charge in [0.25, 0.3) is 0 Å². The Morgan fingerprint density at radius 3 is 2.33 bits per heavy atom. The lowest BCUT2D eigenvalue weighted by Gasteiger charge is -2.05. The highest BCUT2D eigenvalue weighted by Crippen LogP contribution is 2.01.